The largest absolute Gasteiger partial charge is 0.512 e. The van der Waals surface area contributed by atoms with Crippen LogP contribution in [0.25, 0.3) is 0 Å². The molecule has 2 unspecified atom stereocenters. The molecule has 2 atom stereocenters. The van der Waals surface area contributed by atoms with Crippen LogP contribution in [0, 0.1) is 6.92 Å². The summed E-state index contributed by atoms with van der Waals surface area (Å²) in [4.78, 5) is 13.8. The molecule has 0 bridgehead atoms. The number of hydrogen-bond donors (Lipinski definition) is 1. The Morgan fingerprint density at radius 2 is 1.66 bits per heavy atom. The van der Waals surface area contributed by atoms with Gasteiger partial charge in [0.2, 0.25) is 0 Å². The highest BCUT2D eigenvalue weighted by atomic mass is 32.2. The van der Waals surface area contributed by atoms with Gasteiger partial charge in [0, 0.05) is 18.9 Å². The van der Waals surface area contributed by atoms with E-state index in [9.17, 15) is 18.3 Å². The molecular formula is C34H41NO5S. The topological polar surface area (TPSA) is 83.9 Å². The maximum atomic E-state index is 13.6. The van der Waals surface area contributed by atoms with Gasteiger partial charge >= 0.3 is 5.97 Å². The Balaban J connectivity index is 1.64. The number of esters is 1. The van der Waals surface area contributed by atoms with Crippen molar-refractivity contribution in [1.82, 2.24) is 0 Å². The van der Waals surface area contributed by atoms with Gasteiger partial charge in [-0.3, -0.25) is 4.31 Å². The number of aliphatic hydroxyl groups excluding tert-OH is 1. The second kappa shape index (κ2) is 12.9. The van der Waals surface area contributed by atoms with Crippen LogP contribution in [0.3, 0.4) is 0 Å². The molecule has 7 heteroatoms. The van der Waals surface area contributed by atoms with E-state index >= 15 is 0 Å². The fourth-order valence-corrected chi connectivity index (χ4v) is 7.32. The van der Waals surface area contributed by atoms with Gasteiger partial charge < -0.3 is 9.84 Å². The third-order valence-corrected chi connectivity index (χ3v) is 9.88. The molecule has 0 fully saturated rings. The van der Waals surface area contributed by atoms with Crippen molar-refractivity contribution in [2.24, 2.45) is 0 Å². The third kappa shape index (κ3) is 6.67. The highest BCUT2D eigenvalue weighted by molar-refractivity contribution is 7.92. The number of hydrogen-bond acceptors (Lipinski definition) is 5. The lowest BCUT2D eigenvalue weighted by Crippen LogP contribution is -2.41. The number of cyclic esters (lactones) is 1. The minimum absolute atomic E-state index is 0.0691. The van der Waals surface area contributed by atoms with Gasteiger partial charge in [0.15, 0.2) is 0 Å². The maximum Gasteiger partial charge on any atom is 0.338 e. The Morgan fingerprint density at radius 3 is 2.27 bits per heavy atom. The second-order valence-electron chi connectivity index (χ2n) is 10.9. The Bertz CT molecular complexity index is 1480. The molecule has 3 aromatic rings. The fourth-order valence-electron chi connectivity index (χ4n) is 5.86. The van der Waals surface area contributed by atoms with Crippen LogP contribution in [-0.4, -0.2) is 31.6 Å². The summed E-state index contributed by atoms with van der Waals surface area (Å²) in [6.45, 7) is 7.96. The van der Waals surface area contributed by atoms with Crippen molar-refractivity contribution in [2.45, 2.75) is 82.6 Å². The SMILES string of the molecule is CCCC1(CCc2ccccc2)CC(O)=C(C(CC)c2cccc(N(CC)S(=O)(=O)c3ccc(C)cc3)c2)C(=O)O1. The molecule has 0 radical (unpaired) electrons. The Labute approximate surface area is 244 Å². The predicted molar refractivity (Wildman–Crippen MR) is 164 cm³/mol. The molecule has 1 aliphatic rings. The summed E-state index contributed by atoms with van der Waals surface area (Å²) < 4.78 is 34.6. The Hall–Kier alpha value is -3.58. The zero-order valence-electron chi connectivity index (χ0n) is 24.5. The Morgan fingerprint density at radius 1 is 0.951 bits per heavy atom. The van der Waals surface area contributed by atoms with Crippen LogP contribution >= 0.6 is 0 Å². The first-order valence-corrected chi connectivity index (χ1v) is 16.0. The number of rotatable bonds is 12. The predicted octanol–water partition coefficient (Wildman–Crippen LogP) is 7.63. The number of ether oxygens (including phenoxy) is 1. The summed E-state index contributed by atoms with van der Waals surface area (Å²) in [6.07, 6.45) is 3.68. The Kier molecular flexibility index (Phi) is 9.59. The number of aryl methyl sites for hydroxylation is 2. The second-order valence-corrected chi connectivity index (χ2v) is 12.7. The van der Waals surface area contributed by atoms with Gasteiger partial charge in [-0.05, 0) is 74.9 Å². The molecule has 1 heterocycles. The first-order chi connectivity index (χ1) is 19.6. The minimum Gasteiger partial charge on any atom is -0.512 e. The van der Waals surface area contributed by atoms with E-state index < -0.39 is 27.5 Å². The molecule has 41 heavy (non-hydrogen) atoms. The lowest BCUT2D eigenvalue weighted by atomic mass is 9.80. The number of anilines is 1. The minimum atomic E-state index is -3.79. The molecule has 0 spiro atoms. The highest BCUT2D eigenvalue weighted by Crippen LogP contribution is 2.42. The van der Waals surface area contributed by atoms with E-state index in [4.69, 9.17) is 4.74 Å². The maximum absolute atomic E-state index is 13.6. The van der Waals surface area contributed by atoms with Crippen molar-refractivity contribution in [2.75, 3.05) is 10.8 Å². The standard InChI is InChI=1S/C34H41NO5S/c1-5-21-34(22-20-26-12-9-8-10-13-26)24-31(36)32(33(37)40-34)30(6-2)27-14-11-15-28(23-27)35(7-3)41(38,39)29-18-16-25(4)17-19-29/h8-19,23,30,36H,5-7,20-22,24H2,1-4H3. The van der Waals surface area contributed by atoms with Gasteiger partial charge in [-0.1, -0.05) is 80.4 Å². The van der Waals surface area contributed by atoms with Crippen LogP contribution in [0.4, 0.5) is 5.69 Å². The van der Waals surface area contributed by atoms with Crippen molar-refractivity contribution >= 4 is 21.7 Å². The first-order valence-electron chi connectivity index (χ1n) is 14.5. The van der Waals surface area contributed by atoms with E-state index in [1.807, 2.05) is 38.1 Å². The van der Waals surface area contributed by atoms with Crippen LogP contribution in [0.1, 0.15) is 75.5 Å². The molecule has 0 saturated heterocycles. The van der Waals surface area contributed by atoms with Gasteiger partial charge in [0.1, 0.15) is 11.4 Å². The van der Waals surface area contributed by atoms with Gasteiger partial charge in [-0.25, -0.2) is 13.2 Å². The summed E-state index contributed by atoms with van der Waals surface area (Å²) in [5.74, 6) is -0.858. The average molecular weight is 576 g/mol. The van der Waals surface area contributed by atoms with Crippen molar-refractivity contribution in [1.29, 1.82) is 0 Å². The summed E-state index contributed by atoms with van der Waals surface area (Å²) in [7, 11) is -3.79. The lowest BCUT2D eigenvalue weighted by molar-refractivity contribution is -0.161. The van der Waals surface area contributed by atoms with Gasteiger partial charge in [0.25, 0.3) is 10.0 Å². The van der Waals surface area contributed by atoms with E-state index in [1.165, 1.54) is 4.31 Å². The fraction of sp³-hybridized carbons (Fsp3) is 0.382. The first kappa shape index (κ1) is 30.4. The quantitative estimate of drug-likeness (QED) is 0.225. The molecule has 3 aromatic carbocycles. The molecule has 0 amide bonds. The molecular weight excluding hydrogens is 534 g/mol. The van der Waals surface area contributed by atoms with Crippen LogP contribution in [0.5, 0.6) is 0 Å². The zero-order chi connectivity index (χ0) is 29.6. The van der Waals surface area contributed by atoms with Gasteiger partial charge in [0.05, 0.1) is 16.2 Å². The summed E-state index contributed by atoms with van der Waals surface area (Å²) in [5, 5.41) is 11.4. The van der Waals surface area contributed by atoms with Gasteiger partial charge in [-0.15, -0.1) is 0 Å². The van der Waals surface area contributed by atoms with Crippen LogP contribution in [0.2, 0.25) is 0 Å². The van der Waals surface area contributed by atoms with E-state index in [2.05, 4.69) is 19.1 Å². The lowest BCUT2D eigenvalue weighted by Gasteiger charge is -2.39. The molecule has 1 N–H and O–H groups in total. The highest BCUT2D eigenvalue weighted by Gasteiger charge is 2.43. The summed E-state index contributed by atoms with van der Waals surface area (Å²) >= 11 is 0. The molecule has 0 saturated carbocycles. The molecule has 0 aromatic heterocycles. The molecule has 218 valence electrons. The smallest absolute Gasteiger partial charge is 0.338 e. The van der Waals surface area contributed by atoms with Crippen molar-refractivity contribution < 1.29 is 23.1 Å². The summed E-state index contributed by atoms with van der Waals surface area (Å²) in [5.41, 5.74) is 2.93. The van der Waals surface area contributed by atoms with Crippen LogP contribution < -0.4 is 4.31 Å². The zero-order valence-corrected chi connectivity index (χ0v) is 25.3. The van der Waals surface area contributed by atoms with Crippen molar-refractivity contribution in [3.05, 3.63) is 107 Å². The van der Waals surface area contributed by atoms with E-state index in [-0.39, 0.29) is 29.2 Å². The molecule has 0 aliphatic carbocycles. The number of aliphatic hydroxyl groups is 1. The van der Waals surface area contributed by atoms with Crippen molar-refractivity contribution in [3.8, 4) is 0 Å². The molecule has 6 nitrogen and oxygen atoms in total. The number of carbonyl (C=O) groups excluding carboxylic acids is 1. The number of carbonyl (C=O) groups is 1. The monoisotopic (exact) mass is 575 g/mol. The van der Waals surface area contributed by atoms with E-state index in [0.717, 1.165) is 29.5 Å². The normalized spacial score (nSPS) is 18.2. The molecule has 1 aliphatic heterocycles. The van der Waals surface area contributed by atoms with Crippen LogP contribution in [-0.2, 0) is 26.0 Å². The van der Waals surface area contributed by atoms with E-state index in [0.29, 0.717) is 24.9 Å². The molecule has 4 rings (SSSR count). The summed E-state index contributed by atoms with van der Waals surface area (Å²) in [6, 6.07) is 24.1. The number of benzene rings is 3. The third-order valence-electron chi connectivity index (χ3n) is 7.96. The number of nitrogens with zero attached hydrogens (tertiary/aromatic N) is 1. The van der Waals surface area contributed by atoms with Gasteiger partial charge in [-0.2, -0.15) is 0 Å². The number of sulfonamides is 1. The van der Waals surface area contributed by atoms with E-state index in [1.54, 1.807) is 49.4 Å². The average Bonchev–Trinajstić information content (AvgIpc) is 2.95. The van der Waals surface area contributed by atoms with Crippen molar-refractivity contribution in [3.63, 3.8) is 0 Å². The van der Waals surface area contributed by atoms with Crippen LogP contribution in [0.15, 0.2) is 95.1 Å².